The van der Waals surface area contributed by atoms with Crippen LogP contribution >= 0.6 is 23.4 Å². The Balaban J connectivity index is 1.59. The first kappa shape index (κ1) is 25.1. The molecule has 0 aliphatic rings. The molecule has 0 fully saturated rings. The van der Waals surface area contributed by atoms with Crippen LogP contribution in [0.4, 0.5) is 0 Å². The third-order valence-corrected chi connectivity index (χ3v) is 5.89. The molecule has 1 aromatic heterocycles. The molecule has 2 aromatic carbocycles. The molecule has 7 nitrogen and oxygen atoms in total. The number of ether oxygens (including phenoxy) is 2. The number of thioether (sulfide) groups is 1. The summed E-state index contributed by atoms with van der Waals surface area (Å²) in [6.07, 6.45) is 1.02. The quantitative estimate of drug-likeness (QED) is 0.276. The van der Waals surface area contributed by atoms with E-state index in [1.54, 1.807) is 12.1 Å². The fourth-order valence-electron chi connectivity index (χ4n) is 2.89. The minimum Gasteiger partial charge on any atom is -0.484 e. The van der Waals surface area contributed by atoms with Gasteiger partial charge in [-0.15, -0.1) is 10.2 Å². The van der Waals surface area contributed by atoms with Gasteiger partial charge in [0, 0.05) is 18.8 Å². The zero-order chi connectivity index (χ0) is 23.5. The minimum absolute atomic E-state index is 0.0797. The molecule has 176 valence electrons. The van der Waals surface area contributed by atoms with Crippen molar-refractivity contribution in [1.82, 2.24) is 20.1 Å². The summed E-state index contributed by atoms with van der Waals surface area (Å²) in [7, 11) is 0. The van der Waals surface area contributed by atoms with Gasteiger partial charge in [-0.3, -0.25) is 9.36 Å². The van der Waals surface area contributed by atoms with E-state index in [0.29, 0.717) is 47.4 Å². The summed E-state index contributed by atoms with van der Waals surface area (Å²) < 4.78 is 13.3. The number of hydrogen-bond donors (Lipinski definition) is 1. The number of carbonyl (C=O) groups excluding carboxylic acids is 1. The lowest BCUT2D eigenvalue weighted by Crippen LogP contribution is -2.29. The number of rotatable bonds is 13. The SMILES string of the molecule is CC(C)CCOCCNC(=O)CSc1nnc(COc2ccccc2Cl)n1-c1ccccc1. The molecule has 1 heterocycles. The van der Waals surface area contributed by atoms with E-state index in [-0.39, 0.29) is 18.3 Å². The second-order valence-electron chi connectivity index (χ2n) is 7.72. The van der Waals surface area contributed by atoms with Crippen molar-refractivity contribution in [3.05, 3.63) is 65.4 Å². The molecule has 0 saturated heterocycles. The lowest BCUT2D eigenvalue weighted by molar-refractivity contribution is -0.118. The Hall–Kier alpha value is -2.55. The molecular weight excluding hydrogens is 460 g/mol. The van der Waals surface area contributed by atoms with Crippen molar-refractivity contribution in [2.45, 2.75) is 32.0 Å². The van der Waals surface area contributed by atoms with Crippen molar-refractivity contribution in [2.24, 2.45) is 5.92 Å². The maximum atomic E-state index is 12.3. The number of aromatic nitrogens is 3. The summed E-state index contributed by atoms with van der Waals surface area (Å²) >= 11 is 7.52. The topological polar surface area (TPSA) is 78.3 Å². The lowest BCUT2D eigenvalue weighted by atomic mass is 10.1. The van der Waals surface area contributed by atoms with Crippen LogP contribution in [0.3, 0.4) is 0 Å². The number of nitrogens with one attached hydrogen (secondary N) is 1. The number of amides is 1. The van der Waals surface area contributed by atoms with Gasteiger partial charge in [0.1, 0.15) is 12.4 Å². The maximum Gasteiger partial charge on any atom is 0.230 e. The average Bonchev–Trinajstić information content (AvgIpc) is 3.22. The molecule has 0 atom stereocenters. The summed E-state index contributed by atoms with van der Waals surface area (Å²) in [5.74, 6) is 1.94. The van der Waals surface area contributed by atoms with E-state index in [2.05, 4.69) is 29.4 Å². The first-order valence-corrected chi connectivity index (χ1v) is 12.2. The molecule has 33 heavy (non-hydrogen) atoms. The van der Waals surface area contributed by atoms with Crippen LogP contribution in [0, 0.1) is 5.92 Å². The second-order valence-corrected chi connectivity index (χ2v) is 9.07. The fourth-order valence-corrected chi connectivity index (χ4v) is 3.88. The lowest BCUT2D eigenvalue weighted by Gasteiger charge is -2.12. The van der Waals surface area contributed by atoms with Crippen LogP contribution in [-0.2, 0) is 16.1 Å². The molecule has 3 aromatic rings. The summed E-state index contributed by atoms with van der Waals surface area (Å²) in [4.78, 5) is 12.3. The molecule has 0 saturated carbocycles. The van der Waals surface area contributed by atoms with Gasteiger partial charge in [0.15, 0.2) is 11.0 Å². The van der Waals surface area contributed by atoms with Crippen LogP contribution in [0.2, 0.25) is 5.02 Å². The highest BCUT2D eigenvalue weighted by atomic mass is 35.5. The Kier molecular flexibility index (Phi) is 10.1. The van der Waals surface area contributed by atoms with Gasteiger partial charge in [0.25, 0.3) is 0 Å². The summed E-state index contributed by atoms with van der Waals surface area (Å²) in [5, 5.41) is 12.6. The van der Waals surface area contributed by atoms with Gasteiger partial charge < -0.3 is 14.8 Å². The number of carbonyl (C=O) groups is 1. The molecule has 9 heteroatoms. The van der Waals surface area contributed by atoms with Crippen molar-refractivity contribution in [2.75, 3.05) is 25.5 Å². The fraction of sp³-hybridized carbons (Fsp3) is 0.375. The molecular formula is C24H29ClN4O3S. The zero-order valence-electron chi connectivity index (χ0n) is 18.9. The smallest absolute Gasteiger partial charge is 0.230 e. The van der Waals surface area contributed by atoms with E-state index in [1.807, 2.05) is 47.0 Å². The highest BCUT2D eigenvalue weighted by Gasteiger charge is 2.17. The van der Waals surface area contributed by atoms with Gasteiger partial charge in [0.2, 0.25) is 5.91 Å². The molecule has 0 radical (unpaired) electrons. The Labute approximate surface area is 203 Å². The Bertz CT molecular complexity index is 1010. The summed E-state index contributed by atoms with van der Waals surface area (Å²) in [6, 6.07) is 17.0. The first-order valence-electron chi connectivity index (χ1n) is 10.9. The molecule has 0 aliphatic heterocycles. The first-order chi connectivity index (χ1) is 16.0. The minimum atomic E-state index is -0.0797. The van der Waals surface area contributed by atoms with Crippen LogP contribution in [0.25, 0.3) is 5.69 Å². The van der Waals surface area contributed by atoms with Crippen LogP contribution in [0.5, 0.6) is 5.75 Å². The van der Waals surface area contributed by atoms with Gasteiger partial charge in [-0.25, -0.2) is 0 Å². The second kappa shape index (κ2) is 13.2. The highest BCUT2D eigenvalue weighted by molar-refractivity contribution is 7.99. The molecule has 3 rings (SSSR count). The molecule has 1 amide bonds. The largest absolute Gasteiger partial charge is 0.484 e. The van der Waals surface area contributed by atoms with Crippen molar-refractivity contribution < 1.29 is 14.3 Å². The van der Waals surface area contributed by atoms with E-state index in [4.69, 9.17) is 21.1 Å². The van der Waals surface area contributed by atoms with Crippen molar-refractivity contribution in [3.8, 4) is 11.4 Å². The highest BCUT2D eigenvalue weighted by Crippen LogP contribution is 2.26. The monoisotopic (exact) mass is 488 g/mol. The number of benzene rings is 2. The third-order valence-electron chi connectivity index (χ3n) is 4.65. The number of hydrogen-bond acceptors (Lipinski definition) is 6. The summed E-state index contributed by atoms with van der Waals surface area (Å²) in [6.45, 7) is 6.20. The number of halogens is 1. The van der Waals surface area contributed by atoms with E-state index >= 15 is 0 Å². The standard InChI is InChI=1S/C24H29ClN4O3S/c1-18(2)12-14-31-15-13-26-23(30)17-33-24-28-27-22(29(24)19-8-4-3-5-9-19)16-32-21-11-7-6-10-20(21)25/h3-11,18H,12-17H2,1-2H3,(H,26,30). The normalized spacial score (nSPS) is 11.0. The van der Waals surface area contributed by atoms with Crippen LogP contribution in [0.15, 0.2) is 59.8 Å². The number of nitrogens with zero attached hydrogens (tertiary/aromatic N) is 3. The van der Waals surface area contributed by atoms with E-state index < -0.39 is 0 Å². The van der Waals surface area contributed by atoms with Crippen molar-refractivity contribution >= 4 is 29.3 Å². The third kappa shape index (κ3) is 8.07. The predicted molar refractivity (Wildman–Crippen MR) is 131 cm³/mol. The van der Waals surface area contributed by atoms with Crippen LogP contribution in [0.1, 0.15) is 26.1 Å². The van der Waals surface area contributed by atoms with E-state index in [9.17, 15) is 4.79 Å². The maximum absolute atomic E-state index is 12.3. The van der Waals surface area contributed by atoms with E-state index in [1.165, 1.54) is 11.8 Å². The van der Waals surface area contributed by atoms with Gasteiger partial charge in [-0.2, -0.15) is 0 Å². The number of para-hydroxylation sites is 2. The van der Waals surface area contributed by atoms with Crippen molar-refractivity contribution in [1.29, 1.82) is 0 Å². The molecule has 1 N–H and O–H groups in total. The molecule has 0 unspecified atom stereocenters. The van der Waals surface area contributed by atoms with E-state index in [0.717, 1.165) is 12.1 Å². The molecule has 0 spiro atoms. The van der Waals surface area contributed by atoms with Crippen molar-refractivity contribution in [3.63, 3.8) is 0 Å². The van der Waals surface area contributed by atoms with Crippen LogP contribution < -0.4 is 10.1 Å². The Morgan fingerprint density at radius 2 is 1.85 bits per heavy atom. The van der Waals surface area contributed by atoms with Crippen LogP contribution in [-0.4, -0.2) is 46.2 Å². The summed E-state index contributed by atoms with van der Waals surface area (Å²) in [5.41, 5.74) is 0.890. The van der Waals surface area contributed by atoms with Gasteiger partial charge in [0.05, 0.1) is 17.4 Å². The predicted octanol–water partition coefficient (Wildman–Crippen LogP) is 4.77. The molecule has 0 bridgehead atoms. The average molecular weight is 489 g/mol. The Morgan fingerprint density at radius 3 is 2.61 bits per heavy atom. The molecule has 0 aliphatic carbocycles. The van der Waals surface area contributed by atoms with Gasteiger partial charge in [-0.1, -0.05) is 67.5 Å². The van der Waals surface area contributed by atoms with Gasteiger partial charge in [-0.05, 0) is 36.6 Å². The Morgan fingerprint density at radius 1 is 1.09 bits per heavy atom. The zero-order valence-corrected chi connectivity index (χ0v) is 20.4. The van der Waals surface area contributed by atoms with Gasteiger partial charge >= 0.3 is 0 Å².